The molecule has 0 aromatic carbocycles. The molecule has 0 radical (unpaired) electrons. The van der Waals surface area contributed by atoms with Gasteiger partial charge in [-0.05, 0) is 12.8 Å². The van der Waals surface area contributed by atoms with Gasteiger partial charge in [0.25, 0.3) is 0 Å². The van der Waals surface area contributed by atoms with E-state index >= 15 is 0 Å². The van der Waals surface area contributed by atoms with Gasteiger partial charge in [-0.15, -0.1) is 0 Å². The van der Waals surface area contributed by atoms with Crippen molar-refractivity contribution in [2.45, 2.75) is 51.4 Å². The largest absolute Gasteiger partial charge is 0.377 e. The Morgan fingerprint density at radius 1 is 1.14 bits per heavy atom. The summed E-state index contributed by atoms with van der Waals surface area (Å²) in [6.45, 7) is 3.57. The van der Waals surface area contributed by atoms with Crippen LogP contribution in [0.2, 0.25) is 0 Å². The SMILES string of the molecule is CCCCCCC1OCC(OC)CO1. The Hall–Kier alpha value is -0.120. The lowest BCUT2D eigenvalue weighted by molar-refractivity contribution is -0.223. The molecule has 0 saturated carbocycles. The van der Waals surface area contributed by atoms with E-state index in [9.17, 15) is 0 Å². The quantitative estimate of drug-likeness (QED) is 0.619. The highest BCUT2D eigenvalue weighted by Gasteiger charge is 2.20. The van der Waals surface area contributed by atoms with Crippen LogP contribution in [-0.4, -0.2) is 32.7 Å². The van der Waals surface area contributed by atoms with Gasteiger partial charge in [0.15, 0.2) is 6.29 Å². The zero-order valence-corrected chi connectivity index (χ0v) is 9.33. The molecule has 3 heteroatoms. The highest BCUT2D eigenvalue weighted by molar-refractivity contribution is 4.61. The van der Waals surface area contributed by atoms with E-state index in [1.54, 1.807) is 7.11 Å². The Bertz CT molecular complexity index is 130. The van der Waals surface area contributed by atoms with Crippen LogP contribution in [0.5, 0.6) is 0 Å². The molecule has 1 heterocycles. The lowest BCUT2D eigenvalue weighted by Crippen LogP contribution is -2.36. The number of rotatable bonds is 6. The van der Waals surface area contributed by atoms with E-state index < -0.39 is 0 Å². The highest BCUT2D eigenvalue weighted by atomic mass is 16.7. The average molecular weight is 202 g/mol. The minimum absolute atomic E-state index is 0.0123. The van der Waals surface area contributed by atoms with Crippen LogP contribution in [0, 0.1) is 0 Å². The maximum Gasteiger partial charge on any atom is 0.157 e. The third-order valence-corrected chi connectivity index (χ3v) is 2.56. The van der Waals surface area contributed by atoms with Crippen LogP contribution in [0.3, 0.4) is 0 Å². The van der Waals surface area contributed by atoms with E-state index in [-0.39, 0.29) is 12.4 Å². The van der Waals surface area contributed by atoms with E-state index in [0.29, 0.717) is 13.2 Å². The van der Waals surface area contributed by atoms with Crippen LogP contribution in [0.4, 0.5) is 0 Å². The van der Waals surface area contributed by atoms with Gasteiger partial charge >= 0.3 is 0 Å². The van der Waals surface area contributed by atoms with Gasteiger partial charge < -0.3 is 14.2 Å². The van der Waals surface area contributed by atoms with Crippen LogP contribution < -0.4 is 0 Å². The summed E-state index contributed by atoms with van der Waals surface area (Å²) in [6, 6.07) is 0. The first kappa shape index (κ1) is 12.0. The van der Waals surface area contributed by atoms with Crippen molar-refractivity contribution in [2.75, 3.05) is 20.3 Å². The molecular weight excluding hydrogens is 180 g/mol. The Labute approximate surface area is 86.7 Å². The van der Waals surface area contributed by atoms with Gasteiger partial charge in [-0.1, -0.05) is 26.2 Å². The van der Waals surface area contributed by atoms with Crippen molar-refractivity contribution in [1.82, 2.24) is 0 Å². The van der Waals surface area contributed by atoms with Crippen molar-refractivity contribution >= 4 is 0 Å². The van der Waals surface area contributed by atoms with E-state index in [1.165, 1.54) is 25.7 Å². The number of hydrogen-bond donors (Lipinski definition) is 0. The molecule has 0 aromatic heterocycles. The second kappa shape index (κ2) is 7.21. The molecule has 14 heavy (non-hydrogen) atoms. The number of ether oxygens (including phenoxy) is 3. The summed E-state index contributed by atoms with van der Waals surface area (Å²) in [7, 11) is 1.69. The van der Waals surface area contributed by atoms with Crippen molar-refractivity contribution in [3.05, 3.63) is 0 Å². The fraction of sp³-hybridized carbons (Fsp3) is 1.00. The Morgan fingerprint density at radius 2 is 1.86 bits per heavy atom. The van der Waals surface area contributed by atoms with E-state index in [2.05, 4.69) is 6.92 Å². The molecule has 0 unspecified atom stereocenters. The summed E-state index contributed by atoms with van der Waals surface area (Å²) in [5.74, 6) is 0. The summed E-state index contributed by atoms with van der Waals surface area (Å²) >= 11 is 0. The average Bonchev–Trinajstić information content (AvgIpc) is 2.25. The summed E-state index contributed by atoms with van der Waals surface area (Å²) in [5, 5.41) is 0. The van der Waals surface area contributed by atoms with Crippen molar-refractivity contribution in [1.29, 1.82) is 0 Å². The van der Waals surface area contributed by atoms with Crippen molar-refractivity contribution in [3.63, 3.8) is 0 Å². The third-order valence-electron chi connectivity index (χ3n) is 2.56. The molecule has 1 aliphatic heterocycles. The predicted octanol–water partition coefficient (Wildman–Crippen LogP) is 2.34. The molecule has 0 spiro atoms. The zero-order chi connectivity index (χ0) is 10.2. The molecule has 0 aromatic rings. The summed E-state index contributed by atoms with van der Waals surface area (Å²) in [4.78, 5) is 0. The monoisotopic (exact) mass is 202 g/mol. The zero-order valence-electron chi connectivity index (χ0n) is 9.33. The molecule has 0 aliphatic carbocycles. The number of hydrogen-bond acceptors (Lipinski definition) is 3. The maximum atomic E-state index is 5.51. The molecular formula is C11H22O3. The van der Waals surface area contributed by atoms with E-state index in [4.69, 9.17) is 14.2 Å². The first-order valence-electron chi connectivity index (χ1n) is 5.62. The molecule has 0 atom stereocenters. The second-order valence-electron chi connectivity index (χ2n) is 3.80. The van der Waals surface area contributed by atoms with Gasteiger partial charge in [0.1, 0.15) is 6.10 Å². The number of unbranched alkanes of at least 4 members (excludes halogenated alkanes) is 3. The number of methoxy groups -OCH3 is 1. The normalized spacial score (nSPS) is 27.9. The summed E-state index contributed by atoms with van der Waals surface area (Å²) in [5.41, 5.74) is 0. The van der Waals surface area contributed by atoms with Gasteiger partial charge in [-0.25, -0.2) is 0 Å². The minimum atomic E-state index is 0.0123. The molecule has 84 valence electrons. The second-order valence-corrected chi connectivity index (χ2v) is 3.80. The smallest absolute Gasteiger partial charge is 0.157 e. The lowest BCUT2D eigenvalue weighted by Gasteiger charge is -2.28. The Balaban J connectivity index is 1.98. The fourth-order valence-electron chi connectivity index (χ4n) is 1.57. The van der Waals surface area contributed by atoms with Crippen molar-refractivity contribution in [2.24, 2.45) is 0 Å². The van der Waals surface area contributed by atoms with Gasteiger partial charge in [-0.2, -0.15) is 0 Å². The van der Waals surface area contributed by atoms with Crippen LogP contribution in [0.25, 0.3) is 0 Å². The van der Waals surface area contributed by atoms with Gasteiger partial charge in [0, 0.05) is 7.11 Å². The molecule has 0 N–H and O–H groups in total. The van der Waals surface area contributed by atoms with E-state index in [1.807, 2.05) is 0 Å². The summed E-state index contributed by atoms with van der Waals surface area (Å²) in [6.07, 6.45) is 6.24. The van der Waals surface area contributed by atoms with Gasteiger partial charge in [0.05, 0.1) is 13.2 Å². The Kier molecular flexibility index (Phi) is 6.15. The van der Waals surface area contributed by atoms with Crippen LogP contribution >= 0.6 is 0 Å². The van der Waals surface area contributed by atoms with Crippen LogP contribution in [0.1, 0.15) is 39.0 Å². The molecule has 1 fully saturated rings. The molecule has 0 amide bonds. The first-order chi connectivity index (χ1) is 6.86. The molecule has 1 saturated heterocycles. The molecule has 1 aliphatic rings. The minimum Gasteiger partial charge on any atom is -0.377 e. The molecule has 0 bridgehead atoms. The van der Waals surface area contributed by atoms with Gasteiger partial charge in [-0.3, -0.25) is 0 Å². The summed E-state index contributed by atoms with van der Waals surface area (Å²) < 4.78 is 16.2. The maximum absolute atomic E-state index is 5.51. The van der Waals surface area contributed by atoms with E-state index in [0.717, 1.165) is 6.42 Å². The third kappa shape index (κ3) is 4.40. The fourth-order valence-corrected chi connectivity index (χ4v) is 1.57. The molecule has 3 nitrogen and oxygen atoms in total. The van der Waals surface area contributed by atoms with Crippen molar-refractivity contribution < 1.29 is 14.2 Å². The van der Waals surface area contributed by atoms with Crippen molar-refractivity contribution in [3.8, 4) is 0 Å². The van der Waals surface area contributed by atoms with Gasteiger partial charge in [0.2, 0.25) is 0 Å². The molecule has 1 rings (SSSR count). The lowest BCUT2D eigenvalue weighted by atomic mass is 10.1. The predicted molar refractivity (Wildman–Crippen MR) is 55.2 cm³/mol. The van der Waals surface area contributed by atoms with Crippen LogP contribution in [0.15, 0.2) is 0 Å². The first-order valence-corrected chi connectivity index (χ1v) is 5.62. The highest BCUT2D eigenvalue weighted by Crippen LogP contribution is 2.14. The standard InChI is InChI=1S/C11H22O3/c1-3-4-5-6-7-11-13-8-10(12-2)9-14-11/h10-11H,3-9H2,1-2H3. The van der Waals surface area contributed by atoms with Crippen LogP contribution in [-0.2, 0) is 14.2 Å². The topological polar surface area (TPSA) is 27.7 Å². The Morgan fingerprint density at radius 3 is 2.43 bits per heavy atom.